The molecule has 0 spiro atoms. The van der Waals surface area contributed by atoms with Crippen molar-refractivity contribution < 1.29 is 10.2 Å². The van der Waals surface area contributed by atoms with E-state index < -0.39 is 5.72 Å². The van der Waals surface area contributed by atoms with Gasteiger partial charge in [0, 0.05) is 6.20 Å². The normalized spacial score (nSPS) is 26.9. The molecule has 1 saturated carbocycles. The van der Waals surface area contributed by atoms with Crippen LogP contribution in [0.2, 0.25) is 0 Å². The number of aliphatic hydroxyl groups excluding tert-OH is 1. The van der Waals surface area contributed by atoms with Crippen LogP contribution in [0, 0.1) is 5.92 Å². The highest BCUT2D eigenvalue weighted by molar-refractivity contribution is 5.33. The van der Waals surface area contributed by atoms with Gasteiger partial charge in [0.25, 0.3) is 0 Å². The van der Waals surface area contributed by atoms with Crippen LogP contribution in [0.25, 0.3) is 0 Å². The minimum atomic E-state index is -1.48. The van der Waals surface area contributed by atoms with Crippen molar-refractivity contribution in [1.82, 2.24) is 4.98 Å². The second-order valence-corrected chi connectivity index (χ2v) is 5.66. The number of aromatic nitrogens is 1. The maximum absolute atomic E-state index is 10.4. The van der Waals surface area contributed by atoms with Gasteiger partial charge in [-0.2, -0.15) is 0 Å². The number of aliphatic hydroxyl groups is 2. The summed E-state index contributed by atoms with van der Waals surface area (Å²) in [7, 11) is 0. The molecule has 2 N–H and O–H groups in total. The molecule has 1 aromatic heterocycles. The number of rotatable bonds is 3. The van der Waals surface area contributed by atoms with Crippen molar-refractivity contribution in [3.8, 4) is 0 Å². The van der Waals surface area contributed by atoms with E-state index in [0.717, 1.165) is 18.4 Å². The third kappa shape index (κ3) is 3.19. The van der Waals surface area contributed by atoms with Crippen LogP contribution in [-0.2, 0) is 0 Å². The van der Waals surface area contributed by atoms with Crippen LogP contribution in [0.1, 0.15) is 32.1 Å². The number of hydrogen-bond donors (Lipinski definition) is 2. The third-order valence-electron chi connectivity index (χ3n) is 4.06. The van der Waals surface area contributed by atoms with E-state index >= 15 is 0 Å². The van der Waals surface area contributed by atoms with Gasteiger partial charge < -0.3 is 10.2 Å². The molecular formula is C16H19N3O2. The Kier molecular flexibility index (Phi) is 3.84. The average molecular weight is 285 g/mol. The Morgan fingerprint density at radius 3 is 2.71 bits per heavy atom. The lowest BCUT2D eigenvalue weighted by molar-refractivity contribution is 0.0777. The van der Waals surface area contributed by atoms with Gasteiger partial charge >= 0.3 is 0 Å². The van der Waals surface area contributed by atoms with E-state index in [9.17, 15) is 10.2 Å². The van der Waals surface area contributed by atoms with Crippen molar-refractivity contribution in [2.75, 3.05) is 0 Å². The molecule has 0 saturated heterocycles. The molecule has 5 heteroatoms. The molecule has 0 aromatic carbocycles. The summed E-state index contributed by atoms with van der Waals surface area (Å²) in [5.41, 5.74) is -0.533. The minimum Gasteiger partial charge on any atom is -0.512 e. The van der Waals surface area contributed by atoms with E-state index in [1.165, 1.54) is 12.8 Å². The van der Waals surface area contributed by atoms with E-state index in [2.05, 4.69) is 15.2 Å². The fourth-order valence-electron chi connectivity index (χ4n) is 2.95. The Balaban J connectivity index is 1.74. The SMILES string of the molecule is OC1=C(C2CCCC2)C=CC(O)(N=Nc2ccccn2)C1. The molecule has 2 aliphatic carbocycles. The molecule has 0 aliphatic heterocycles. The van der Waals surface area contributed by atoms with Gasteiger partial charge in [-0.1, -0.05) is 25.0 Å². The number of azo groups is 1. The second-order valence-electron chi connectivity index (χ2n) is 5.66. The van der Waals surface area contributed by atoms with Crippen LogP contribution < -0.4 is 0 Å². The topological polar surface area (TPSA) is 78.1 Å². The van der Waals surface area contributed by atoms with Gasteiger partial charge in [0.1, 0.15) is 5.76 Å². The molecule has 2 aliphatic rings. The molecule has 21 heavy (non-hydrogen) atoms. The highest BCUT2D eigenvalue weighted by Gasteiger charge is 2.32. The Hall–Kier alpha value is -2.01. The smallest absolute Gasteiger partial charge is 0.203 e. The Morgan fingerprint density at radius 2 is 2.05 bits per heavy atom. The lowest BCUT2D eigenvalue weighted by Gasteiger charge is -2.25. The molecule has 110 valence electrons. The maximum Gasteiger partial charge on any atom is 0.203 e. The van der Waals surface area contributed by atoms with Gasteiger partial charge in [0.15, 0.2) is 5.82 Å². The molecule has 1 unspecified atom stereocenters. The quantitative estimate of drug-likeness (QED) is 0.829. The van der Waals surface area contributed by atoms with Crippen molar-refractivity contribution in [3.63, 3.8) is 0 Å². The Labute approximate surface area is 123 Å². The lowest BCUT2D eigenvalue weighted by atomic mass is 9.89. The molecular weight excluding hydrogens is 266 g/mol. The van der Waals surface area contributed by atoms with Crippen molar-refractivity contribution in [2.45, 2.75) is 37.8 Å². The third-order valence-corrected chi connectivity index (χ3v) is 4.06. The van der Waals surface area contributed by atoms with E-state index in [1.807, 2.05) is 0 Å². The standard InChI is InChI=1S/C16H19N3O2/c20-14-11-16(21,19-18-15-7-3-4-10-17-15)9-8-13(14)12-5-1-2-6-12/h3-4,7-10,12,20-21H,1-2,5-6,11H2. The van der Waals surface area contributed by atoms with Crippen LogP contribution in [0.4, 0.5) is 5.82 Å². The summed E-state index contributed by atoms with van der Waals surface area (Å²) in [5, 5.41) is 28.5. The summed E-state index contributed by atoms with van der Waals surface area (Å²) in [6.45, 7) is 0. The maximum atomic E-state index is 10.4. The van der Waals surface area contributed by atoms with Gasteiger partial charge in [-0.15, -0.1) is 10.2 Å². The molecule has 1 heterocycles. The number of hydrogen-bond acceptors (Lipinski definition) is 5. The summed E-state index contributed by atoms with van der Waals surface area (Å²) >= 11 is 0. The monoisotopic (exact) mass is 285 g/mol. The van der Waals surface area contributed by atoms with Crippen molar-refractivity contribution in [1.29, 1.82) is 0 Å². The van der Waals surface area contributed by atoms with Crippen LogP contribution >= 0.6 is 0 Å². The van der Waals surface area contributed by atoms with Gasteiger partial charge in [-0.3, -0.25) is 0 Å². The number of nitrogens with zero attached hydrogens (tertiary/aromatic N) is 3. The fourth-order valence-corrected chi connectivity index (χ4v) is 2.95. The highest BCUT2D eigenvalue weighted by atomic mass is 16.3. The Bertz CT molecular complexity index is 589. The molecule has 0 radical (unpaired) electrons. The van der Waals surface area contributed by atoms with Crippen molar-refractivity contribution in [2.24, 2.45) is 16.1 Å². The van der Waals surface area contributed by atoms with Crippen LogP contribution in [0.3, 0.4) is 0 Å². The first-order chi connectivity index (χ1) is 10.2. The van der Waals surface area contributed by atoms with Crippen molar-refractivity contribution >= 4 is 5.82 Å². The van der Waals surface area contributed by atoms with E-state index in [4.69, 9.17) is 0 Å². The molecule has 0 bridgehead atoms. The van der Waals surface area contributed by atoms with Crippen LogP contribution in [0.5, 0.6) is 0 Å². The number of allylic oxidation sites excluding steroid dienone is 2. The zero-order valence-corrected chi connectivity index (χ0v) is 11.8. The zero-order valence-electron chi connectivity index (χ0n) is 11.8. The predicted octanol–water partition coefficient (Wildman–Crippen LogP) is 3.82. The molecule has 3 rings (SSSR count). The zero-order chi connectivity index (χ0) is 14.7. The molecule has 1 aromatic rings. The first-order valence-electron chi connectivity index (χ1n) is 7.34. The summed E-state index contributed by atoms with van der Waals surface area (Å²) < 4.78 is 0. The van der Waals surface area contributed by atoms with Gasteiger partial charge in [0.05, 0.1) is 6.42 Å². The average Bonchev–Trinajstić information content (AvgIpc) is 3.00. The van der Waals surface area contributed by atoms with Crippen LogP contribution in [-0.4, -0.2) is 20.9 Å². The predicted molar refractivity (Wildman–Crippen MR) is 79.1 cm³/mol. The molecule has 0 amide bonds. The second kappa shape index (κ2) is 5.77. The molecule has 1 fully saturated rings. The minimum absolute atomic E-state index is 0.0751. The number of pyridine rings is 1. The fraction of sp³-hybridized carbons (Fsp3) is 0.438. The largest absolute Gasteiger partial charge is 0.512 e. The molecule has 1 atom stereocenters. The van der Waals surface area contributed by atoms with Gasteiger partial charge in [0.2, 0.25) is 5.72 Å². The summed E-state index contributed by atoms with van der Waals surface area (Å²) in [5.74, 6) is 1.08. The van der Waals surface area contributed by atoms with Gasteiger partial charge in [-0.25, -0.2) is 4.98 Å². The molecule has 5 nitrogen and oxygen atoms in total. The van der Waals surface area contributed by atoms with E-state index in [-0.39, 0.29) is 12.2 Å². The Morgan fingerprint density at radius 1 is 1.24 bits per heavy atom. The van der Waals surface area contributed by atoms with E-state index in [0.29, 0.717) is 11.7 Å². The first kappa shape index (κ1) is 13.9. The highest BCUT2D eigenvalue weighted by Crippen LogP contribution is 2.38. The van der Waals surface area contributed by atoms with Gasteiger partial charge in [-0.05, 0) is 42.5 Å². The van der Waals surface area contributed by atoms with Crippen LogP contribution in [0.15, 0.2) is 58.1 Å². The summed E-state index contributed by atoms with van der Waals surface area (Å²) in [6, 6.07) is 5.30. The lowest BCUT2D eigenvalue weighted by Crippen LogP contribution is -2.27. The summed E-state index contributed by atoms with van der Waals surface area (Å²) in [6.07, 6.45) is 9.74. The van der Waals surface area contributed by atoms with Crippen molar-refractivity contribution in [3.05, 3.63) is 47.9 Å². The van der Waals surface area contributed by atoms with E-state index in [1.54, 1.807) is 36.5 Å². The summed E-state index contributed by atoms with van der Waals surface area (Å²) in [4.78, 5) is 4.02. The first-order valence-corrected chi connectivity index (χ1v) is 7.34.